The second-order valence-electron chi connectivity index (χ2n) is 19.5. The molecule has 0 N–H and O–H groups in total. The Kier molecular flexibility index (Phi) is 11.5. The van der Waals surface area contributed by atoms with Crippen LogP contribution in [0.5, 0.6) is 0 Å². The summed E-state index contributed by atoms with van der Waals surface area (Å²) in [6.45, 7) is 0. The second-order valence-corrected chi connectivity index (χ2v) is 19.5. The highest BCUT2D eigenvalue weighted by molar-refractivity contribution is 6.77. The van der Waals surface area contributed by atoms with Gasteiger partial charge >= 0.3 is 0 Å². The van der Waals surface area contributed by atoms with Crippen molar-refractivity contribution in [1.29, 1.82) is 0 Å². The Morgan fingerprint density at radius 1 is 0.100 bits per heavy atom. The van der Waals surface area contributed by atoms with E-state index in [1.807, 2.05) is 0 Å². The van der Waals surface area contributed by atoms with Gasteiger partial charge in [-0.3, -0.25) is 0 Å². The predicted octanol–water partition coefficient (Wildman–Crippen LogP) is -31.7. The van der Waals surface area contributed by atoms with Crippen LogP contribution in [0.3, 0.4) is 0 Å². The van der Waals surface area contributed by atoms with Gasteiger partial charge in [-0.05, 0) is 65.7 Å². The van der Waals surface area contributed by atoms with E-state index in [0.29, 0.717) is 0 Å². The zero-order valence-corrected chi connectivity index (χ0v) is 42.0. The van der Waals surface area contributed by atoms with Crippen LogP contribution in [0.4, 0.5) is 0 Å². The maximum Gasteiger partial charge on any atom is 0.140 e. The number of rotatable bonds is 3. The third-order valence-corrected chi connectivity index (χ3v) is 17.5. The van der Waals surface area contributed by atoms with Crippen LogP contribution in [0.1, 0.15) is 0 Å². The van der Waals surface area contributed by atoms with E-state index < -0.39 is 0 Å². The van der Waals surface area contributed by atoms with Crippen LogP contribution in [0.25, 0.3) is 65.7 Å². The van der Waals surface area contributed by atoms with Crippen LogP contribution in [-0.4, -0.2) is 188 Å². The van der Waals surface area contributed by atoms with E-state index in [2.05, 4.69) is 188 Å². The van der Waals surface area contributed by atoms with Crippen LogP contribution < -0.4 is 131 Å². The molecule has 0 amide bonds. The fraction of sp³-hybridized carbons (Fsp3) is 0. The molecule has 0 unspecified atom stereocenters. The molecule has 0 fully saturated rings. The van der Waals surface area contributed by atoms with E-state index in [9.17, 15) is 0 Å². The third kappa shape index (κ3) is 5.86. The molecule has 0 atom stereocenters. The molecule has 0 radical (unpaired) electrons. The summed E-state index contributed by atoms with van der Waals surface area (Å²) in [6, 6.07) is 0. The maximum atomic E-state index is 2.43. The Morgan fingerprint density at radius 2 is 0.233 bits per heavy atom. The molecule has 60 heavy (non-hydrogen) atoms. The summed E-state index contributed by atoms with van der Waals surface area (Å²) in [4.78, 5) is 0. The van der Waals surface area contributed by atoms with Crippen molar-refractivity contribution in [3.63, 3.8) is 0 Å². The highest BCUT2D eigenvalue weighted by Gasteiger charge is 2.30. The predicted molar refractivity (Wildman–Crippen MR) is 352 cm³/mol. The van der Waals surface area contributed by atoms with Gasteiger partial charge in [-0.15, -0.1) is 49.2 Å². The maximum absolute atomic E-state index is 2.43. The van der Waals surface area contributed by atoms with Crippen molar-refractivity contribution in [2.45, 2.75) is 0 Å². The summed E-state index contributed by atoms with van der Waals surface area (Å²) in [7, 11) is 57.0. The lowest BCUT2D eigenvalue weighted by atomic mass is 9.54. The summed E-state index contributed by atoms with van der Waals surface area (Å²) in [5.41, 5.74) is 42.4. The lowest BCUT2D eigenvalue weighted by Crippen LogP contribution is -2.55. The van der Waals surface area contributed by atoms with Gasteiger partial charge in [-0.1, -0.05) is 81.9 Å². The van der Waals surface area contributed by atoms with Gasteiger partial charge in [0, 0.05) is 0 Å². The molecular weight excluding hydrogens is 692 g/mol. The molecule has 0 spiro atoms. The molecule has 0 aromatic heterocycles. The van der Waals surface area contributed by atoms with E-state index >= 15 is 0 Å². The molecule has 7 rings (SSSR count). The molecule has 0 saturated carbocycles. The fourth-order valence-electron chi connectivity index (χ4n) is 12.0. The summed E-state index contributed by atoms with van der Waals surface area (Å²) in [6.07, 6.45) is 0. The summed E-state index contributed by atoms with van der Waals surface area (Å²) in [5.74, 6) is 0. The van der Waals surface area contributed by atoms with Crippen molar-refractivity contribution in [3.8, 4) is 33.4 Å². The van der Waals surface area contributed by atoms with Crippen molar-refractivity contribution in [3.05, 3.63) is 0 Å². The molecule has 0 saturated heterocycles. The average Bonchev–Trinajstić information content (AvgIpc) is 3.21. The first-order valence-corrected chi connectivity index (χ1v) is 22.5. The Labute approximate surface area is 382 Å². The van der Waals surface area contributed by atoms with E-state index in [4.69, 9.17) is 0 Å². The second kappa shape index (κ2) is 15.3. The minimum atomic E-state index is 1.40. The van der Waals surface area contributed by atoms with Crippen molar-refractivity contribution in [2.75, 3.05) is 0 Å². The normalized spacial score (nSPS) is 11.6. The highest BCUT2D eigenvalue weighted by Crippen LogP contribution is 2.38. The van der Waals surface area contributed by atoms with Crippen molar-refractivity contribution in [1.82, 2.24) is 0 Å². The first-order valence-electron chi connectivity index (χ1n) is 22.5. The van der Waals surface area contributed by atoms with E-state index in [0.717, 1.165) is 0 Å². The van der Waals surface area contributed by atoms with Crippen LogP contribution in [0, 0.1) is 0 Å². The molecule has 0 bridgehead atoms. The van der Waals surface area contributed by atoms with Crippen LogP contribution in [-0.2, 0) is 0 Å². The summed E-state index contributed by atoms with van der Waals surface area (Å²) in [5, 5.41) is 8.63. The van der Waals surface area contributed by atoms with Gasteiger partial charge in [-0.2, -0.15) is 0 Å². The zero-order chi connectivity index (χ0) is 44.8. The lowest BCUT2D eigenvalue weighted by molar-refractivity contribution is 1.83. The zero-order valence-electron chi connectivity index (χ0n) is 42.0. The van der Waals surface area contributed by atoms with E-state index in [-0.39, 0.29) is 0 Å². The van der Waals surface area contributed by atoms with Crippen molar-refractivity contribution < 1.29 is 0 Å². The molecule has 0 nitrogen and oxygen atoms in total. The monoisotopic (exact) mass is 745 g/mol. The molecule has 24 heteroatoms. The van der Waals surface area contributed by atoms with Gasteiger partial charge in [0.2, 0.25) is 0 Å². The van der Waals surface area contributed by atoms with Gasteiger partial charge in [0.1, 0.15) is 188 Å². The summed E-state index contributed by atoms with van der Waals surface area (Å²) >= 11 is 0. The van der Waals surface area contributed by atoms with E-state index in [1.165, 1.54) is 197 Å². The average molecular weight is 740 g/mol. The molecule has 7 aromatic rings. The molecule has 264 valence electrons. The van der Waals surface area contributed by atoms with Gasteiger partial charge in [0.15, 0.2) is 0 Å². The van der Waals surface area contributed by atoms with Crippen LogP contribution in [0.2, 0.25) is 0 Å². The van der Waals surface area contributed by atoms with Crippen molar-refractivity contribution >= 4 is 352 Å². The molecule has 0 aliphatic carbocycles. The molecular formula is C36H48B24. The number of fused-ring (bicyclic) bond motifs is 3. The highest BCUT2D eigenvalue weighted by atomic mass is 14.3. The molecule has 0 aliphatic rings. The first kappa shape index (κ1) is 44.9. The minimum absolute atomic E-state index is 1.40. The Bertz CT molecular complexity index is 3050. The largest absolute Gasteiger partial charge is 0.140 e. The number of hydrogen-bond donors (Lipinski definition) is 0. The van der Waals surface area contributed by atoms with Crippen LogP contribution >= 0.6 is 0 Å². The molecule has 0 heterocycles. The lowest BCUT2D eigenvalue weighted by Gasteiger charge is -2.33. The minimum Gasteiger partial charge on any atom is -0.102 e. The third-order valence-electron chi connectivity index (χ3n) is 17.5. The molecule has 7 aromatic carbocycles. The van der Waals surface area contributed by atoms with E-state index in [1.54, 1.807) is 0 Å². The SMILES string of the molecule is Bc1c(B)c(B)c(-c2c3c(B)c(B)c(B)c(B)c3c(-c3c(B)c(B)c(-c4c(B)c(B)c5c(B)c(B)c(B)c(B)c5c4B)c(B)c3B)c3c(B)c(B)c(B)c(B)c23)c(B)c1B. The Hall–Kier alpha value is -3.12. The van der Waals surface area contributed by atoms with Gasteiger partial charge in [-0.25, -0.2) is 0 Å². The summed E-state index contributed by atoms with van der Waals surface area (Å²) < 4.78 is 0. The molecule has 0 aliphatic heterocycles. The smallest absolute Gasteiger partial charge is 0.102 e. The van der Waals surface area contributed by atoms with Gasteiger partial charge in [0.05, 0.1) is 0 Å². The topological polar surface area (TPSA) is 0 Å². The quantitative estimate of drug-likeness (QED) is 0.125. The van der Waals surface area contributed by atoms with Crippen LogP contribution in [0.15, 0.2) is 0 Å². The Morgan fingerprint density at radius 3 is 0.517 bits per heavy atom. The number of hydrogen-bond acceptors (Lipinski definition) is 0. The fourth-order valence-corrected chi connectivity index (χ4v) is 12.0. The first-order chi connectivity index (χ1) is 27.9. The van der Waals surface area contributed by atoms with Crippen molar-refractivity contribution in [2.24, 2.45) is 0 Å². The Balaban J connectivity index is 1.79. The van der Waals surface area contributed by atoms with Gasteiger partial charge < -0.3 is 0 Å². The number of benzene rings is 7. The standard InChI is InChI=1S/C36H48B24/c37-13-9(20(44)23(47)12-10(13)26(50)32(56)33(57)27(12)51)11-21(45)18(42)7(19(43)22(11)46)1-3-5(16(40)30(54)28(52)14(3)38)2(6-4(1)15(39)29(53)31(55)17(6)41)8-24(48)34(58)36(60)35(59)25(8)49/h37-60H2. The van der Waals surface area contributed by atoms with Gasteiger partial charge in [0.25, 0.3) is 0 Å².